The van der Waals surface area contributed by atoms with E-state index in [0.717, 1.165) is 29.9 Å². The highest BCUT2D eigenvalue weighted by molar-refractivity contribution is 5.43. The molecule has 0 radical (unpaired) electrons. The van der Waals surface area contributed by atoms with Crippen molar-refractivity contribution in [2.24, 2.45) is 5.73 Å². The molecule has 106 valence electrons. The van der Waals surface area contributed by atoms with Crippen LogP contribution in [0.15, 0.2) is 18.2 Å². The molecule has 0 spiro atoms. The van der Waals surface area contributed by atoms with Gasteiger partial charge in [-0.3, -0.25) is 0 Å². The highest BCUT2D eigenvalue weighted by Gasteiger charge is 2.22. The first-order valence-corrected chi connectivity index (χ1v) is 6.82. The lowest BCUT2D eigenvalue weighted by Crippen LogP contribution is -2.18. The van der Waals surface area contributed by atoms with Gasteiger partial charge < -0.3 is 19.9 Å². The molecule has 2 N–H and O–H groups in total. The van der Waals surface area contributed by atoms with Gasteiger partial charge in [-0.2, -0.15) is 0 Å². The van der Waals surface area contributed by atoms with Crippen LogP contribution in [0, 0.1) is 0 Å². The van der Waals surface area contributed by atoms with Gasteiger partial charge in [0.1, 0.15) is 6.61 Å². The van der Waals surface area contributed by atoms with Crippen molar-refractivity contribution in [1.29, 1.82) is 0 Å². The summed E-state index contributed by atoms with van der Waals surface area (Å²) in [5, 5.41) is 0. The van der Waals surface area contributed by atoms with Gasteiger partial charge >= 0.3 is 0 Å². The number of hydrogen-bond donors (Lipinski definition) is 1. The van der Waals surface area contributed by atoms with Crippen LogP contribution in [0.1, 0.15) is 38.3 Å². The first kappa shape index (κ1) is 14.2. The first-order valence-electron chi connectivity index (χ1n) is 6.82. The standard InChI is InChI=1S/C15H23NO3/c1-10-4-6-13(19-10)9-18-14-7-5-12(11(2)16)8-15(14)17-3/h5,7-8,10-11,13H,4,6,9,16H2,1-3H3. The molecule has 3 atom stereocenters. The molecule has 1 aliphatic rings. The van der Waals surface area contributed by atoms with Crippen molar-refractivity contribution < 1.29 is 14.2 Å². The van der Waals surface area contributed by atoms with Gasteiger partial charge in [0.15, 0.2) is 11.5 Å². The number of methoxy groups -OCH3 is 1. The van der Waals surface area contributed by atoms with E-state index >= 15 is 0 Å². The van der Waals surface area contributed by atoms with E-state index in [0.29, 0.717) is 12.7 Å². The molecular weight excluding hydrogens is 242 g/mol. The molecule has 0 aromatic heterocycles. The molecule has 1 fully saturated rings. The topological polar surface area (TPSA) is 53.7 Å². The van der Waals surface area contributed by atoms with Crippen molar-refractivity contribution in [3.63, 3.8) is 0 Å². The third-order valence-electron chi connectivity index (χ3n) is 3.46. The van der Waals surface area contributed by atoms with Gasteiger partial charge in [-0.05, 0) is 44.4 Å². The summed E-state index contributed by atoms with van der Waals surface area (Å²) < 4.78 is 16.9. The second-order valence-electron chi connectivity index (χ2n) is 5.16. The molecule has 2 rings (SSSR count). The van der Waals surface area contributed by atoms with Gasteiger partial charge in [0.05, 0.1) is 19.3 Å². The van der Waals surface area contributed by atoms with Crippen LogP contribution in [0.3, 0.4) is 0 Å². The van der Waals surface area contributed by atoms with Crippen LogP contribution in [0.5, 0.6) is 11.5 Å². The minimum atomic E-state index is -0.0121. The lowest BCUT2D eigenvalue weighted by atomic mass is 10.1. The largest absolute Gasteiger partial charge is 0.493 e. The zero-order chi connectivity index (χ0) is 13.8. The average Bonchev–Trinajstić information content (AvgIpc) is 2.81. The molecule has 3 unspecified atom stereocenters. The Hall–Kier alpha value is -1.26. The van der Waals surface area contributed by atoms with Gasteiger partial charge in [-0.1, -0.05) is 6.07 Å². The molecule has 1 heterocycles. The van der Waals surface area contributed by atoms with Crippen molar-refractivity contribution in [2.45, 2.75) is 44.9 Å². The summed E-state index contributed by atoms with van der Waals surface area (Å²) in [5.74, 6) is 1.47. The summed E-state index contributed by atoms with van der Waals surface area (Å²) in [6, 6.07) is 5.80. The molecule has 1 aromatic carbocycles. The minimum Gasteiger partial charge on any atom is -0.493 e. The second-order valence-corrected chi connectivity index (χ2v) is 5.16. The van der Waals surface area contributed by atoms with Gasteiger partial charge in [-0.25, -0.2) is 0 Å². The number of nitrogens with two attached hydrogens (primary N) is 1. The van der Waals surface area contributed by atoms with Crippen LogP contribution < -0.4 is 15.2 Å². The van der Waals surface area contributed by atoms with Gasteiger partial charge in [0, 0.05) is 6.04 Å². The Morgan fingerprint density at radius 2 is 2.16 bits per heavy atom. The predicted molar refractivity (Wildman–Crippen MR) is 74.7 cm³/mol. The van der Waals surface area contributed by atoms with Crippen molar-refractivity contribution in [3.05, 3.63) is 23.8 Å². The van der Waals surface area contributed by atoms with Gasteiger partial charge in [0.2, 0.25) is 0 Å². The average molecular weight is 265 g/mol. The fourth-order valence-electron chi connectivity index (χ4n) is 2.28. The van der Waals surface area contributed by atoms with Crippen LogP contribution in [-0.2, 0) is 4.74 Å². The van der Waals surface area contributed by atoms with E-state index in [1.807, 2.05) is 25.1 Å². The molecule has 1 aliphatic heterocycles. The van der Waals surface area contributed by atoms with E-state index in [2.05, 4.69) is 6.92 Å². The molecule has 1 aromatic rings. The highest BCUT2D eigenvalue weighted by Crippen LogP contribution is 2.30. The van der Waals surface area contributed by atoms with E-state index in [1.54, 1.807) is 7.11 Å². The van der Waals surface area contributed by atoms with E-state index in [4.69, 9.17) is 19.9 Å². The maximum Gasteiger partial charge on any atom is 0.161 e. The summed E-state index contributed by atoms with van der Waals surface area (Å²) in [5.41, 5.74) is 6.90. The fraction of sp³-hybridized carbons (Fsp3) is 0.600. The predicted octanol–water partition coefficient (Wildman–Crippen LogP) is 2.66. The normalized spacial score (nSPS) is 24.2. The van der Waals surface area contributed by atoms with E-state index in [-0.39, 0.29) is 12.1 Å². The Kier molecular flexibility index (Phi) is 4.66. The smallest absolute Gasteiger partial charge is 0.161 e. The van der Waals surface area contributed by atoms with Crippen molar-refractivity contribution in [1.82, 2.24) is 0 Å². The Bertz CT molecular complexity index is 420. The lowest BCUT2D eigenvalue weighted by molar-refractivity contribution is 0.0259. The second kappa shape index (κ2) is 6.26. The number of ether oxygens (including phenoxy) is 3. The Balaban J connectivity index is 1.99. The molecule has 0 bridgehead atoms. The van der Waals surface area contributed by atoms with Crippen molar-refractivity contribution in [2.75, 3.05) is 13.7 Å². The van der Waals surface area contributed by atoms with Gasteiger partial charge in [0.25, 0.3) is 0 Å². The number of rotatable bonds is 5. The molecule has 0 saturated carbocycles. The number of benzene rings is 1. The van der Waals surface area contributed by atoms with Crippen LogP contribution in [0.25, 0.3) is 0 Å². The summed E-state index contributed by atoms with van der Waals surface area (Å²) in [4.78, 5) is 0. The summed E-state index contributed by atoms with van der Waals surface area (Å²) in [6.45, 7) is 4.61. The Morgan fingerprint density at radius 3 is 2.74 bits per heavy atom. The molecule has 19 heavy (non-hydrogen) atoms. The summed E-state index contributed by atoms with van der Waals surface area (Å²) >= 11 is 0. The molecule has 4 heteroatoms. The van der Waals surface area contributed by atoms with Gasteiger partial charge in [-0.15, -0.1) is 0 Å². The highest BCUT2D eigenvalue weighted by atomic mass is 16.6. The van der Waals surface area contributed by atoms with Crippen molar-refractivity contribution >= 4 is 0 Å². The fourth-order valence-corrected chi connectivity index (χ4v) is 2.28. The molecule has 4 nitrogen and oxygen atoms in total. The quantitative estimate of drug-likeness (QED) is 0.889. The van der Waals surface area contributed by atoms with E-state index in [9.17, 15) is 0 Å². The molecule has 1 saturated heterocycles. The van der Waals surface area contributed by atoms with Crippen LogP contribution in [0.2, 0.25) is 0 Å². The zero-order valence-corrected chi connectivity index (χ0v) is 11.9. The molecule has 0 aliphatic carbocycles. The summed E-state index contributed by atoms with van der Waals surface area (Å²) in [7, 11) is 1.64. The summed E-state index contributed by atoms with van der Waals surface area (Å²) in [6.07, 6.45) is 2.69. The van der Waals surface area contributed by atoms with Crippen molar-refractivity contribution in [3.8, 4) is 11.5 Å². The molecular formula is C15H23NO3. The third-order valence-corrected chi connectivity index (χ3v) is 3.46. The third kappa shape index (κ3) is 3.61. The van der Waals surface area contributed by atoms with Crippen LogP contribution >= 0.6 is 0 Å². The van der Waals surface area contributed by atoms with E-state index < -0.39 is 0 Å². The van der Waals surface area contributed by atoms with Crippen LogP contribution in [0.4, 0.5) is 0 Å². The Morgan fingerprint density at radius 1 is 1.37 bits per heavy atom. The monoisotopic (exact) mass is 265 g/mol. The minimum absolute atomic E-state index is 0.0121. The zero-order valence-electron chi connectivity index (χ0n) is 11.9. The van der Waals surface area contributed by atoms with Crippen LogP contribution in [-0.4, -0.2) is 25.9 Å². The number of hydrogen-bond acceptors (Lipinski definition) is 4. The Labute approximate surface area is 114 Å². The molecule has 0 amide bonds. The first-order chi connectivity index (χ1) is 9.10. The SMILES string of the molecule is COc1cc(C(C)N)ccc1OCC1CCC(C)O1. The maximum absolute atomic E-state index is 5.86. The maximum atomic E-state index is 5.86. The van der Waals surface area contributed by atoms with E-state index in [1.165, 1.54) is 0 Å². The lowest BCUT2D eigenvalue weighted by Gasteiger charge is -2.16.